The van der Waals surface area contributed by atoms with Gasteiger partial charge in [-0.3, -0.25) is 9.30 Å². The first kappa shape index (κ1) is 20.1. The van der Waals surface area contributed by atoms with Crippen LogP contribution in [0, 0.1) is 0 Å². The van der Waals surface area contributed by atoms with Crippen LogP contribution in [-0.2, 0) is 11.3 Å². The molecule has 164 valence electrons. The van der Waals surface area contributed by atoms with Gasteiger partial charge in [0.1, 0.15) is 0 Å². The van der Waals surface area contributed by atoms with E-state index in [1.165, 1.54) is 0 Å². The van der Waals surface area contributed by atoms with E-state index in [0.717, 1.165) is 30.0 Å². The standard InChI is InChI=1S/C22H23N7O3/c1-2-31-22(30)28-12-10-27(11-13-28)15-19-25-24-18-14-17(8-9-29(18)19)21-23-20(26-32-21)16-6-4-3-5-7-16/h3-9,14H,2,10-13,15H2,1H3. The Bertz CT molecular complexity index is 1210. The van der Waals surface area contributed by atoms with Crippen molar-refractivity contribution in [1.82, 2.24) is 34.5 Å². The number of hydrogen-bond acceptors (Lipinski definition) is 8. The lowest BCUT2D eigenvalue weighted by molar-refractivity contribution is 0.0771. The van der Waals surface area contributed by atoms with E-state index in [-0.39, 0.29) is 6.09 Å². The van der Waals surface area contributed by atoms with E-state index in [9.17, 15) is 4.79 Å². The third-order valence-electron chi connectivity index (χ3n) is 5.45. The maximum Gasteiger partial charge on any atom is 0.409 e. The first-order chi connectivity index (χ1) is 15.7. The van der Waals surface area contributed by atoms with Crippen LogP contribution < -0.4 is 0 Å². The number of aromatic nitrogens is 5. The summed E-state index contributed by atoms with van der Waals surface area (Å²) in [5.41, 5.74) is 2.40. The topological polar surface area (TPSA) is 102 Å². The van der Waals surface area contributed by atoms with Crippen LogP contribution in [0.3, 0.4) is 0 Å². The highest BCUT2D eigenvalue weighted by Crippen LogP contribution is 2.23. The lowest BCUT2D eigenvalue weighted by Crippen LogP contribution is -2.48. The molecular weight excluding hydrogens is 410 g/mol. The number of carbonyl (C=O) groups excluding carboxylic acids is 1. The third kappa shape index (κ3) is 4.04. The van der Waals surface area contributed by atoms with Gasteiger partial charge in [0.05, 0.1) is 13.2 Å². The molecule has 0 N–H and O–H groups in total. The van der Waals surface area contributed by atoms with E-state index in [4.69, 9.17) is 9.26 Å². The second-order valence-corrected chi connectivity index (χ2v) is 7.51. The maximum atomic E-state index is 11.9. The van der Waals surface area contributed by atoms with Crippen LogP contribution in [0.1, 0.15) is 12.7 Å². The Kier molecular flexibility index (Phi) is 5.51. The lowest BCUT2D eigenvalue weighted by atomic mass is 10.2. The van der Waals surface area contributed by atoms with E-state index in [1.807, 2.05) is 60.0 Å². The first-order valence-electron chi connectivity index (χ1n) is 10.6. The van der Waals surface area contributed by atoms with Gasteiger partial charge in [-0.1, -0.05) is 35.5 Å². The number of hydrogen-bond donors (Lipinski definition) is 0. The minimum atomic E-state index is -0.246. The largest absolute Gasteiger partial charge is 0.450 e. The summed E-state index contributed by atoms with van der Waals surface area (Å²) in [6, 6.07) is 13.5. The monoisotopic (exact) mass is 433 g/mol. The Morgan fingerprint density at radius 1 is 1.06 bits per heavy atom. The number of carbonyl (C=O) groups is 1. The number of nitrogens with zero attached hydrogens (tertiary/aromatic N) is 7. The quantitative estimate of drug-likeness (QED) is 0.473. The summed E-state index contributed by atoms with van der Waals surface area (Å²) in [7, 11) is 0. The number of fused-ring (bicyclic) bond motifs is 1. The highest BCUT2D eigenvalue weighted by molar-refractivity contribution is 5.67. The van der Waals surface area contributed by atoms with Crippen molar-refractivity contribution >= 4 is 11.7 Å². The van der Waals surface area contributed by atoms with Crippen LogP contribution in [0.4, 0.5) is 4.79 Å². The molecular formula is C22H23N7O3. The van der Waals surface area contributed by atoms with Crippen molar-refractivity contribution in [3.05, 3.63) is 54.5 Å². The molecule has 1 aromatic carbocycles. The summed E-state index contributed by atoms with van der Waals surface area (Å²) in [5.74, 6) is 1.82. The maximum absolute atomic E-state index is 11.9. The van der Waals surface area contributed by atoms with Gasteiger partial charge in [-0.2, -0.15) is 4.98 Å². The molecule has 1 aliphatic rings. The molecule has 1 amide bonds. The second kappa shape index (κ2) is 8.75. The van der Waals surface area contributed by atoms with Crippen molar-refractivity contribution in [3.8, 4) is 22.8 Å². The minimum Gasteiger partial charge on any atom is -0.450 e. The van der Waals surface area contributed by atoms with Crippen molar-refractivity contribution in [3.63, 3.8) is 0 Å². The van der Waals surface area contributed by atoms with E-state index >= 15 is 0 Å². The van der Waals surface area contributed by atoms with E-state index in [1.54, 1.807) is 4.90 Å². The summed E-state index contributed by atoms with van der Waals surface area (Å²) in [6.07, 6.45) is 1.67. The molecule has 0 bridgehead atoms. The zero-order chi connectivity index (χ0) is 21.9. The molecule has 3 aromatic heterocycles. The van der Waals surface area contributed by atoms with E-state index in [0.29, 0.717) is 43.6 Å². The van der Waals surface area contributed by atoms with Gasteiger partial charge in [0.25, 0.3) is 5.89 Å². The van der Waals surface area contributed by atoms with E-state index in [2.05, 4.69) is 25.2 Å². The zero-order valence-corrected chi connectivity index (χ0v) is 17.7. The van der Waals surface area contributed by atoms with Crippen LogP contribution >= 0.6 is 0 Å². The highest BCUT2D eigenvalue weighted by atomic mass is 16.6. The number of benzene rings is 1. The Morgan fingerprint density at radius 3 is 2.66 bits per heavy atom. The summed E-state index contributed by atoms with van der Waals surface area (Å²) in [5, 5.41) is 12.8. The average molecular weight is 433 g/mol. The van der Waals surface area contributed by atoms with Crippen molar-refractivity contribution in [2.75, 3.05) is 32.8 Å². The SMILES string of the molecule is CCOC(=O)N1CCN(Cc2nnc3cc(-c4nc(-c5ccccc5)no4)ccn23)CC1. The Balaban J connectivity index is 1.28. The second-order valence-electron chi connectivity index (χ2n) is 7.51. The van der Waals surface area contributed by atoms with Crippen LogP contribution in [0.5, 0.6) is 0 Å². The molecule has 0 spiro atoms. The normalized spacial score (nSPS) is 14.7. The molecule has 0 saturated carbocycles. The van der Waals surface area contributed by atoms with Crippen molar-refractivity contribution in [2.45, 2.75) is 13.5 Å². The molecule has 1 aliphatic heterocycles. The average Bonchev–Trinajstić information content (AvgIpc) is 3.48. The van der Waals surface area contributed by atoms with Gasteiger partial charge >= 0.3 is 6.09 Å². The molecule has 1 fully saturated rings. The number of piperazine rings is 1. The molecule has 0 unspecified atom stereocenters. The van der Waals surface area contributed by atoms with Crippen molar-refractivity contribution in [1.29, 1.82) is 0 Å². The molecule has 1 saturated heterocycles. The molecule has 32 heavy (non-hydrogen) atoms. The molecule has 0 atom stereocenters. The van der Waals surface area contributed by atoms with E-state index < -0.39 is 0 Å². The van der Waals surface area contributed by atoms with Gasteiger partial charge in [-0.25, -0.2) is 4.79 Å². The fraction of sp³-hybridized carbons (Fsp3) is 0.318. The number of rotatable bonds is 5. The fourth-order valence-electron chi connectivity index (χ4n) is 3.73. The smallest absolute Gasteiger partial charge is 0.409 e. The van der Waals surface area contributed by atoms with Crippen LogP contribution in [0.2, 0.25) is 0 Å². The Morgan fingerprint density at radius 2 is 1.88 bits per heavy atom. The molecule has 0 aliphatic carbocycles. The van der Waals surface area contributed by atoms with Gasteiger partial charge in [0.2, 0.25) is 5.82 Å². The molecule has 10 heteroatoms. The number of amides is 1. The summed E-state index contributed by atoms with van der Waals surface area (Å²) < 4.78 is 12.5. The highest BCUT2D eigenvalue weighted by Gasteiger charge is 2.23. The fourth-order valence-corrected chi connectivity index (χ4v) is 3.73. The molecule has 10 nitrogen and oxygen atoms in total. The Hall–Kier alpha value is -3.79. The zero-order valence-electron chi connectivity index (χ0n) is 17.7. The van der Waals surface area contributed by atoms with Gasteiger partial charge < -0.3 is 14.2 Å². The molecule has 0 radical (unpaired) electrons. The predicted molar refractivity (Wildman–Crippen MR) is 116 cm³/mol. The van der Waals surface area contributed by atoms with Crippen LogP contribution in [0.25, 0.3) is 28.5 Å². The molecule has 4 aromatic rings. The summed E-state index contributed by atoms with van der Waals surface area (Å²) in [6.45, 7) is 5.66. The number of ether oxygens (including phenoxy) is 1. The predicted octanol–water partition coefficient (Wildman–Crippen LogP) is 2.72. The molecule has 5 rings (SSSR count). The first-order valence-corrected chi connectivity index (χ1v) is 10.6. The van der Waals surface area contributed by atoms with Crippen molar-refractivity contribution in [2.24, 2.45) is 0 Å². The lowest BCUT2D eigenvalue weighted by Gasteiger charge is -2.33. The summed E-state index contributed by atoms with van der Waals surface area (Å²) in [4.78, 5) is 20.4. The van der Waals surface area contributed by atoms with Gasteiger partial charge in [-0.15, -0.1) is 10.2 Å². The Labute approximate surface area is 184 Å². The van der Waals surface area contributed by atoms with Gasteiger partial charge in [-0.05, 0) is 19.1 Å². The third-order valence-corrected chi connectivity index (χ3v) is 5.45. The van der Waals surface area contributed by atoms with Crippen LogP contribution in [-0.4, -0.2) is 73.4 Å². The minimum absolute atomic E-state index is 0.246. The van der Waals surface area contributed by atoms with Crippen molar-refractivity contribution < 1.29 is 14.1 Å². The molecule has 4 heterocycles. The van der Waals surface area contributed by atoms with Gasteiger partial charge in [0.15, 0.2) is 11.5 Å². The summed E-state index contributed by atoms with van der Waals surface area (Å²) >= 11 is 0. The number of pyridine rings is 1. The van der Waals surface area contributed by atoms with Crippen LogP contribution in [0.15, 0.2) is 53.2 Å². The van der Waals surface area contributed by atoms with Gasteiger partial charge in [0, 0.05) is 43.5 Å².